The van der Waals surface area contributed by atoms with Crippen LogP contribution in [0.1, 0.15) is 6.42 Å². The van der Waals surface area contributed by atoms with Gasteiger partial charge in [-0.1, -0.05) is 0 Å². The Morgan fingerprint density at radius 2 is 2.53 bits per heavy atom. The van der Waals surface area contributed by atoms with Crippen molar-refractivity contribution in [1.82, 2.24) is 10.3 Å². The fourth-order valence-corrected chi connectivity index (χ4v) is 2.80. The van der Waals surface area contributed by atoms with Crippen molar-refractivity contribution in [2.75, 3.05) is 23.4 Å². The van der Waals surface area contributed by atoms with Crippen LogP contribution in [0.15, 0.2) is 22.8 Å². The van der Waals surface area contributed by atoms with Crippen molar-refractivity contribution in [3.05, 3.63) is 22.8 Å². The summed E-state index contributed by atoms with van der Waals surface area (Å²) in [5.41, 5.74) is 0. The minimum atomic E-state index is 0.0137. The van der Waals surface area contributed by atoms with E-state index in [0.29, 0.717) is 12.2 Å². The van der Waals surface area contributed by atoms with Crippen LogP contribution in [-0.4, -0.2) is 35.0 Å². The van der Waals surface area contributed by atoms with Gasteiger partial charge in [0.1, 0.15) is 5.82 Å². The Hall–Kier alpha value is -0.590. The second kappa shape index (κ2) is 6.37. The summed E-state index contributed by atoms with van der Waals surface area (Å²) in [7, 11) is 0. The van der Waals surface area contributed by atoms with E-state index in [1.807, 2.05) is 17.8 Å². The number of nitrogens with one attached hydrogen (secondary N) is 2. The van der Waals surface area contributed by atoms with Gasteiger partial charge >= 0.3 is 0 Å². The summed E-state index contributed by atoms with van der Waals surface area (Å²) < 4.78 is 0.904. The quantitative estimate of drug-likeness (QED) is 0.894. The van der Waals surface area contributed by atoms with Gasteiger partial charge in [-0.05, 0) is 28.1 Å². The number of aromatic nitrogens is 1. The summed E-state index contributed by atoms with van der Waals surface area (Å²) >= 11 is 5.19. The Bertz CT molecular complexity index is 379. The van der Waals surface area contributed by atoms with Gasteiger partial charge in [-0.25, -0.2) is 4.98 Å². The molecule has 2 N–H and O–H groups in total. The molecular formula is C11H14BrN3OS. The van der Waals surface area contributed by atoms with Crippen molar-refractivity contribution in [1.29, 1.82) is 0 Å². The van der Waals surface area contributed by atoms with E-state index in [0.717, 1.165) is 22.5 Å². The van der Waals surface area contributed by atoms with Crippen LogP contribution in [0, 0.1) is 0 Å². The average Bonchev–Trinajstić information content (AvgIpc) is 2.33. The Morgan fingerprint density at radius 1 is 1.65 bits per heavy atom. The molecule has 0 bridgehead atoms. The predicted octanol–water partition coefficient (Wildman–Crippen LogP) is 1.88. The lowest BCUT2D eigenvalue weighted by atomic mass is 10.2. The van der Waals surface area contributed by atoms with Gasteiger partial charge in [-0.15, -0.1) is 0 Å². The van der Waals surface area contributed by atoms with E-state index in [9.17, 15) is 4.79 Å². The number of hydrogen-bond donors (Lipinski definition) is 2. The summed E-state index contributed by atoms with van der Waals surface area (Å²) in [6.07, 6.45) is 2.18. The molecule has 6 heteroatoms. The highest BCUT2D eigenvalue weighted by molar-refractivity contribution is 9.10. The molecule has 17 heavy (non-hydrogen) atoms. The molecule has 0 radical (unpaired) electrons. The molecule has 1 aliphatic rings. The number of carbonyl (C=O) groups is 1. The fraction of sp³-hybridized carbons (Fsp3) is 0.455. The van der Waals surface area contributed by atoms with Crippen molar-refractivity contribution >= 4 is 39.4 Å². The number of halogens is 1. The highest BCUT2D eigenvalue weighted by Crippen LogP contribution is 2.13. The molecule has 1 amide bonds. The number of pyridine rings is 1. The number of amides is 1. The third kappa shape index (κ3) is 4.29. The molecule has 0 aliphatic carbocycles. The van der Waals surface area contributed by atoms with Crippen molar-refractivity contribution in [2.24, 2.45) is 0 Å². The maximum atomic E-state index is 11.8. The van der Waals surface area contributed by atoms with Crippen molar-refractivity contribution in [3.63, 3.8) is 0 Å². The average molecular weight is 316 g/mol. The SMILES string of the molecule is O=C(CC1CSCCN1)Nc1ccc(Br)cn1. The lowest BCUT2D eigenvalue weighted by molar-refractivity contribution is -0.116. The molecule has 1 aromatic heterocycles. The summed E-state index contributed by atoms with van der Waals surface area (Å²) in [6.45, 7) is 0.985. The molecule has 0 spiro atoms. The van der Waals surface area contributed by atoms with Crippen LogP contribution in [-0.2, 0) is 4.79 Å². The minimum Gasteiger partial charge on any atom is -0.312 e. The Morgan fingerprint density at radius 3 is 3.18 bits per heavy atom. The van der Waals surface area contributed by atoms with Gasteiger partial charge in [0.05, 0.1) is 0 Å². The van der Waals surface area contributed by atoms with Gasteiger partial charge in [0.25, 0.3) is 0 Å². The van der Waals surface area contributed by atoms with E-state index in [4.69, 9.17) is 0 Å². The van der Waals surface area contributed by atoms with Crippen LogP contribution in [0.5, 0.6) is 0 Å². The lowest BCUT2D eigenvalue weighted by Gasteiger charge is -2.22. The van der Waals surface area contributed by atoms with E-state index in [-0.39, 0.29) is 11.9 Å². The molecule has 0 aromatic carbocycles. The third-order valence-electron chi connectivity index (χ3n) is 2.43. The minimum absolute atomic E-state index is 0.0137. The largest absolute Gasteiger partial charge is 0.312 e. The summed E-state index contributed by atoms with van der Waals surface area (Å²) in [5, 5.41) is 6.13. The monoisotopic (exact) mass is 315 g/mol. The van der Waals surface area contributed by atoms with Crippen LogP contribution < -0.4 is 10.6 Å². The number of rotatable bonds is 3. The number of carbonyl (C=O) groups excluding carboxylic acids is 1. The summed E-state index contributed by atoms with van der Waals surface area (Å²) in [5.74, 6) is 2.74. The molecule has 0 saturated carbocycles. The second-order valence-corrected chi connectivity index (χ2v) is 5.91. The molecule has 2 rings (SSSR count). The molecule has 1 atom stereocenters. The summed E-state index contributed by atoms with van der Waals surface area (Å²) in [6, 6.07) is 3.92. The molecule has 4 nitrogen and oxygen atoms in total. The highest BCUT2D eigenvalue weighted by atomic mass is 79.9. The molecule has 1 unspecified atom stereocenters. The zero-order valence-electron chi connectivity index (χ0n) is 9.28. The van der Waals surface area contributed by atoms with Gasteiger partial charge < -0.3 is 10.6 Å². The molecule has 92 valence electrons. The topological polar surface area (TPSA) is 54.0 Å². The first-order valence-electron chi connectivity index (χ1n) is 5.46. The van der Waals surface area contributed by atoms with Gasteiger partial charge in [0.2, 0.25) is 5.91 Å². The standard InChI is InChI=1S/C11H14BrN3OS/c12-8-1-2-10(14-6-8)15-11(16)5-9-7-17-4-3-13-9/h1-2,6,9,13H,3-5,7H2,(H,14,15,16). The second-order valence-electron chi connectivity index (χ2n) is 3.84. The normalized spacial score (nSPS) is 19.9. The van der Waals surface area contributed by atoms with Crippen molar-refractivity contribution in [3.8, 4) is 0 Å². The third-order valence-corrected chi connectivity index (χ3v) is 4.03. The molecule has 1 aliphatic heterocycles. The van der Waals surface area contributed by atoms with Crippen LogP contribution in [0.3, 0.4) is 0 Å². The Labute approximate surface area is 113 Å². The number of anilines is 1. The van der Waals surface area contributed by atoms with Crippen LogP contribution in [0.2, 0.25) is 0 Å². The Balaban J connectivity index is 1.82. The van der Waals surface area contributed by atoms with Crippen LogP contribution in [0.4, 0.5) is 5.82 Å². The van der Waals surface area contributed by atoms with Crippen molar-refractivity contribution in [2.45, 2.75) is 12.5 Å². The zero-order valence-corrected chi connectivity index (χ0v) is 11.7. The van der Waals surface area contributed by atoms with Gasteiger partial charge in [-0.3, -0.25) is 4.79 Å². The first kappa shape index (κ1) is 12.9. The van der Waals surface area contributed by atoms with Crippen molar-refractivity contribution < 1.29 is 4.79 Å². The molecular weight excluding hydrogens is 302 g/mol. The highest BCUT2D eigenvalue weighted by Gasteiger charge is 2.16. The maximum Gasteiger partial charge on any atom is 0.227 e. The number of thioether (sulfide) groups is 1. The lowest BCUT2D eigenvalue weighted by Crippen LogP contribution is -2.39. The maximum absolute atomic E-state index is 11.8. The van der Waals surface area contributed by atoms with E-state index in [1.165, 1.54) is 0 Å². The van der Waals surface area contributed by atoms with E-state index in [1.54, 1.807) is 12.3 Å². The first-order valence-corrected chi connectivity index (χ1v) is 7.41. The van der Waals surface area contributed by atoms with E-state index >= 15 is 0 Å². The Kier molecular flexibility index (Phi) is 4.82. The number of nitrogens with zero attached hydrogens (tertiary/aromatic N) is 1. The molecule has 1 fully saturated rings. The first-order chi connectivity index (χ1) is 8.24. The van der Waals surface area contributed by atoms with E-state index in [2.05, 4.69) is 31.5 Å². The predicted molar refractivity (Wildman–Crippen MR) is 74.3 cm³/mol. The van der Waals surface area contributed by atoms with Gasteiger partial charge in [0, 0.05) is 41.2 Å². The molecule has 1 aromatic rings. The van der Waals surface area contributed by atoms with Crippen LogP contribution in [0.25, 0.3) is 0 Å². The van der Waals surface area contributed by atoms with Gasteiger partial charge in [0.15, 0.2) is 0 Å². The van der Waals surface area contributed by atoms with E-state index < -0.39 is 0 Å². The van der Waals surface area contributed by atoms with Crippen LogP contribution >= 0.6 is 27.7 Å². The molecule has 1 saturated heterocycles. The molecule has 2 heterocycles. The smallest absolute Gasteiger partial charge is 0.227 e. The fourth-order valence-electron chi connectivity index (χ4n) is 1.62. The van der Waals surface area contributed by atoms with Gasteiger partial charge in [-0.2, -0.15) is 11.8 Å². The zero-order chi connectivity index (χ0) is 12.1. The number of hydrogen-bond acceptors (Lipinski definition) is 4. The summed E-state index contributed by atoms with van der Waals surface area (Å²) in [4.78, 5) is 15.9.